The molecule has 3 aromatic rings. The third-order valence-electron chi connectivity index (χ3n) is 3.89. The Morgan fingerprint density at radius 1 is 1.28 bits per heavy atom. The number of nitriles is 1. The lowest BCUT2D eigenvalue weighted by atomic mass is 10.2. The van der Waals surface area contributed by atoms with Crippen molar-refractivity contribution in [1.82, 2.24) is 9.55 Å². The fraction of sp³-hybridized carbons (Fsp3) is 0.211. The van der Waals surface area contributed by atoms with Gasteiger partial charge in [0.2, 0.25) is 5.91 Å². The molecule has 0 aliphatic carbocycles. The molecule has 0 spiro atoms. The average Bonchev–Trinajstić information content (AvgIpc) is 2.99. The van der Waals surface area contributed by atoms with E-state index in [1.807, 2.05) is 31.2 Å². The molecule has 1 N–H and O–H groups in total. The van der Waals surface area contributed by atoms with E-state index in [0.29, 0.717) is 11.3 Å². The molecule has 1 heterocycles. The van der Waals surface area contributed by atoms with Crippen LogP contribution in [-0.4, -0.2) is 20.7 Å². The largest absolute Gasteiger partial charge is 0.324 e. The average molecular weight is 350 g/mol. The number of anilines is 1. The molecule has 25 heavy (non-hydrogen) atoms. The Bertz CT molecular complexity index is 957. The van der Waals surface area contributed by atoms with Gasteiger partial charge in [0.15, 0.2) is 5.16 Å². The predicted octanol–water partition coefficient (Wildman–Crippen LogP) is 4.05. The number of nitrogens with zero attached hydrogens (tertiary/aromatic N) is 3. The van der Waals surface area contributed by atoms with Crippen molar-refractivity contribution in [2.75, 3.05) is 5.32 Å². The molecule has 5 nitrogen and oxygen atoms in total. The van der Waals surface area contributed by atoms with E-state index in [2.05, 4.69) is 27.9 Å². The summed E-state index contributed by atoms with van der Waals surface area (Å²) in [4.78, 5) is 17.2. The number of aromatic nitrogens is 2. The number of nitrogens with one attached hydrogen (secondary N) is 1. The molecular formula is C19H18N4OS. The highest BCUT2D eigenvalue weighted by Crippen LogP contribution is 2.28. The zero-order valence-corrected chi connectivity index (χ0v) is 14.9. The van der Waals surface area contributed by atoms with E-state index in [9.17, 15) is 4.79 Å². The van der Waals surface area contributed by atoms with Crippen LogP contribution in [-0.2, 0) is 11.3 Å². The quantitative estimate of drug-likeness (QED) is 0.705. The van der Waals surface area contributed by atoms with Gasteiger partial charge in [0, 0.05) is 6.54 Å². The Morgan fingerprint density at radius 3 is 2.76 bits per heavy atom. The van der Waals surface area contributed by atoms with E-state index >= 15 is 0 Å². The summed E-state index contributed by atoms with van der Waals surface area (Å²) < 4.78 is 2.10. The molecule has 0 bridgehead atoms. The van der Waals surface area contributed by atoms with Crippen LogP contribution in [0.4, 0.5) is 5.69 Å². The number of carbonyl (C=O) groups excluding carboxylic acids is 1. The summed E-state index contributed by atoms with van der Waals surface area (Å²) in [5.74, 6) is -0.151. The van der Waals surface area contributed by atoms with Crippen LogP contribution in [0.15, 0.2) is 53.7 Å². The zero-order valence-electron chi connectivity index (χ0n) is 14.1. The summed E-state index contributed by atoms with van der Waals surface area (Å²) in [7, 11) is 0. The maximum atomic E-state index is 12.5. The smallest absolute Gasteiger partial charge is 0.237 e. The number of amides is 1. The topological polar surface area (TPSA) is 70.7 Å². The molecule has 0 aliphatic heterocycles. The Kier molecular flexibility index (Phi) is 5.05. The molecule has 3 rings (SSSR count). The van der Waals surface area contributed by atoms with Crippen molar-refractivity contribution < 1.29 is 4.79 Å². The molecule has 0 saturated carbocycles. The first-order chi connectivity index (χ1) is 12.1. The van der Waals surface area contributed by atoms with Gasteiger partial charge in [-0.15, -0.1) is 0 Å². The highest BCUT2D eigenvalue weighted by Gasteiger charge is 2.19. The first kappa shape index (κ1) is 17.1. The molecule has 0 aliphatic rings. The Hall–Kier alpha value is -2.78. The molecule has 1 amide bonds. The number of benzene rings is 2. The number of imidazole rings is 1. The lowest BCUT2D eigenvalue weighted by Gasteiger charge is -2.13. The van der Waals surface area contributed by atoms with Gasteiger partial charge in [-0.05, 0) is 38.1 Å². The van der Waals surface area contributed by atoms with Gasteiger partial charge in [0.05, 0.1) is 27.5 Å². The predicted molar refractivity (Wildman–Crippen MR) is 101 cm³/mol. The van der Waals surface area contributed by atoms with Crippen LogP contribution < -0.4 is 5.32 Å². The van der Waals surface area contributed by atoms with Crippen LogP contribution in [0.5, 0.6) is 0 Å². The number of aryl methyl sites for hydroxylation is 1. The first-order valence-corrected chi connectivity index (χ1v) is 8.94. The summed E-state index contributed by atoms with van der Waals surface area (Å²) in [6.07, 6.45) is 0. The molecule has 0 unspecified atom stereocenters. The van der Waals surface area contributed by atoms with Crippen LogP contribution in [0.3, 0.4) is 0 Å². The number of hydrogen-bond acceptors (Lipinski definition) is 4. The summed E-state index contributed by atoms with van der Waals surface area (Å²) >= 11 is 1.42. The molecule has 0 fully saturated rings. The lowest BCUT2D eigenvalue weighted by molar-refractivity contribution is -0.115. The fourth-order valence-electron chi connectivity index (χ4n) is 2.58. The minimum absolute atomic E-state index is 0.151. The van der Waals surface area contributed by atoms with Gasteiger partial charge < -0.3 is 9.88 Å². The monoisotopic (exact) mass is 350 g/mol. The normalized spacial score (nSPS) is 11.9. The number of carbonyl (C=O) groups is 1. The summed E-state index contributed by atoms with van der Waals surface area (Å²) in [5.41, 5.74) is 2.98. The fourth-order valence-corrected chi connectivity index (χ4v) is 3.57. The second kappa shape index (κ2) is 7.41. The molecular weight excluding hydrogens is 332 g/mol. The van der Waals surface area contributed by atoms with Gasteiger partial charge in [-0.1, -0.05) is 36.0 Å². The van der Waals surface area contributed by atoms with Gasteiger partial charge in [-0.3, -0.25) is 4.79 Å². The maximum absolute atomic E-state index is 12.5. The van der Waals surface area contributed by atoms with Crippen molar-refractivity contribution in [3.63, 3.8) is 0 Å². The molecule has 0 radical (unpaired) electrons. The Labute approximate surface area is 150 Å². The SMILES string of the molecule is CCn1c(S[C@H](C)C(=O)Nc2ccccc2C#N)nc2ccccc21. The van der Waals surface area contributed by atoms with E-state index in [-0.39, 0.29) is 11.2 Å². The standard InChI is InChI=1S/C19H18N4OS/c1-3-23-17-11-7-6-10-16(17)22-19(23)25-13(2)18(24)21-15-9-5-4-8-14(15)12-20/h4-11,13H,3H2,1-2H3,(H,21,24)/t13-/m1/s1. The second-order valence-electron chi connectivity index (χ2n) is 5.53. The third kappa shape index (κ3) is 3.52. The highest BCUT2D eigenvalue weighted by molar-refractivity contribution is 8.00. The van der Waals surface area contributed by atoms with Crippen molar-refractivity contribution in [3.05, 3.63) is 54.1 Å². The van der Waals surface area contributed by atoms with Crippen LogP contribution in [0.2, 0.25) is 0 Å². The van der Waals surface area contributed by atoms with Crippen LogP contribution in [0, 0.1) is 11.3 Å². The lowest BCUT2D eigenvalue weighted by Crippen LogP contribution is -2.23. The molecule has 2 aromatic carbocycles. The highest BCUT2D eigenvalue weighted by atomic mass is 32.2. The Balaban J connectivity index is 1.79. The van der Waals surface area contributed by atoms with Gasteiger partial charge in [0.1, 0.15) is 6.07 Å². The summed E-state index contributed by atoms with van der Waals surface area (Å²) in [5, 5.41) is 12.4. The maximum Gasteiger partial charge on any atom is 0.237 e. The zero-order chi connectivity index (χ0) is 17.8. The van der Waals surface area contributed by atoms with E-state index < -0.39 is 0 Å². The molecule has 1 aromatic heterocycles. The first-order valence-electron chi connectivity index (χ1n) is 8.06. The molecule has 126 valence electrons. The molecule has 6 heteroatoms. The van der Waals surface area contributed by atoms with Crippen LogP contribution in [0.1, 0.15) is 19.4 Å². The van der Waals surface area contributed by atoms with Gasteiger partial charge in [-0.2, -0.15) is 5.26 Å². The van der Waals surface area contributed by atoms with Crippen LogP contribution in [0.25, 0.3) is 11.0 Å². The van der Waals surface area contributed by atoms with Crippen molar-refractivity contribution in [1.29, 1.82) is 5.26 Å². The van der Waals surface area contributed by atoms with Crippen molar-refractivity contribution in [2.45, 2.75) is 30.8 Å². The molecule has 0 saturated heterocycles. The number of hydrogen-bond donors (Lipinski definition) is 1. The van der Waals surface area contributed by atoms with Crippen LogP contribution >= 0.6 is 11.8 Å². The van der Waals surface area contributed by atoms with Crippen molar-refractivity contribution >= 4 is 34.4 Å². The second-order valence-corrected chi connectivity index (χ2v) is 6.84. The van der Waals surface area contributed by atoms with Gasteiger partial charge in [0.25, 0.3) is 0 Å². The van der Waals surface area contributed by atoms with E-state index in [1.54, 1.807) is 24.3 Å². The third-order valence-corrected chi connectivity index (χ3v) is 4.98. The van der Waals surface area contributed by atoms with Gasteiger partial charge >= 0.3 is 0 Å². The number of para-hydroxylation sites is 3. The number of rotatable bonds is 5. The van der Waals surface area contributed by atoms with Crippen molar-refractivity contribution in [3.8, 4) is 6.07 Å². The van der Waals surface area contributed by atoms with E-state index in [1.165, 1.54) is 11.8 Å². The van der Waals surface area contributed by atoms with E-state index in [4.69, 9.17) is 5.26 Å². The summed E-state index contributed by atoms with van der Waals surface area (Å²) in [6.45, 7) is 4.69. The minimum atomic E-state index is -0.339. The van der Waals surface area contributed by atoms with Gasteiger partial charge in [-0.25, -0.2) is 4.98 Å². The van der Waals surface area contributed by atoms with E-state index in [0.717, 1.165) is 22.7 Å². The number of fused-ring (bicyclic) bond motifs is 1. The molecule has 1 atom stereocenters. The summed E-state index contributed by atoms with van der Waals surface area (Å²) in [6, 6.07) is 17.0. The Morgan fingerprint density at radius 2 is 2.00 bits per heavy atom. The number of thioether (sulfide) groups is 1. The van der Waals surface area contributed by atoms with Crippen molar-refractivity contribution in [2.24, 2.45) is 0 Å². The minimum Gasteiger partial charge on any atom is -0.324 e.